The van der Waals surface area contributed by atoms with Crippen LogP contribution < -0.4 is 5.32 Å². The number of ether oxygens (including phenoxy) is 1. The summed E-state index contributed by atoms with van der Waals surface area (Å²) < 4.78 is 6.18. The van der Waals surface area contributed by atoms with E-state index in [1.807, 2.05) is 19.0 Å². The summed E-state index contributed by atoms with van der Waals surface area (Å²) in [7, 11) is 3.96. The summed E-state index contributed by atoms with van der Waals surface area (Å²) in [6.07, 6.45) is 11.8. The molecule has 2 N–H and O–H groups in total. The molecule has 5 aliphatic carbocycles. The molecule has 308 valence electrons. The third-order valence-corrected chi connectivity index (χ3v) is 16.5. The molecule has 0 saturated heterocycles. The number of nitrogens with one attached hydrogen (secondary N) is 1. The maximum absolute atomic E-state index is 14.2. The number of pyridine rings is 1. The molecular weight excluding hydrogens is 726 g/mol. The standard InChI is InChI=1S/C46H66ClN3O6/c1-27(2)38-31(51)24-46(23-29(50(10)11)22-36(52)49-35-15-12-28(47)26-48-35)21-20-44(8)30(39(38)46)13-14-33-43(7)18-17-34(56-37(53)25-41(3,4)40(54)55)42(5,6)32(43)16-19-45(33,44)9/h12,15,22,26-27,30,32-34H,13-14,16-21,23-25H2,1-11H3,(H,54,55)(H,48,49,52)/b29-22-/t30-,32+,33-,34+,43+,44-,45-,46-/m1/s1. The smallest absolute Gasteiger partial charge is 0.309 e. The van der Waals surface area contributed by atoms with E-state index >= 15 is 0 Å². The lowest BCUT2D eigenvalue weighted by Gasteiger charge is -2.72. The summed E-state index contributed by atoms with van der Waals surface area (Å²) in [5.41, 5.74) is 1.63. The van der Waals surface area contributed by atoms with Crippen LogP contribution in [0.3, 0.4) is 0 Å². The van der Waals surface area contributed by atoms with Gasteiger partial charge in [0.05, 0.1) is 16.9 Å². The Morgan fingerprint density at radius 3 is 2.30 bits per heavy atom. The normalized spacial score (nSPS) is 35.2. The predicted octanol–water partition coefficient (Wildman–Crippen LogP) is 9.90. The van der Waals surface area contributed by atoms with Gasteiger partial charge in [0.2, 0.25) is 0 Å². The number of carbonyl (C=O) groups is 4. The van der Waals surface area contributed by atoms with Crippen LogP contribution in [0.4, 0.5) is 5.82 Å². The zero-order valence-electron chi connectivity index (χ0n) is 35.7. The monoisotopic (exact) mass is 791 g/mol. The highest BCUT2D eigenvalue weighted by molar-refractivity contribution is 6.30. The van der Waals surface area contributed by atoms with Crippen LogP contribution >= 0.6 is 11.6 Å². The molecule has 1 heterocycles. The van der Waals surface area contributed by atoms with Crippen molar-refractivity contribution in [2.75, 3.05) is 19.4 Å². The summed E-state index contributed by atoms with van der Waals surface area (Å²) in [6.45, 7) is 19.7. The molecule has 0 aromatic carbocycles. The Morgan fingerprint density at radius 2 is 1.70 bits per heavy atom. The van der Waals surface area contributed by atoms with Crippen molar-refractivity contribution < 1.29 is 29.0 Å². The largest absolute Gasteiger partial charge is 0.481 e. The number of halogens is 1. The number of Topliss-reactive ketones (excluding diaryl/α,β-unsaturated/α-hetero) is 1. The molecular formula is C46H66ClN3O6. The van der Waals surface area contributed by atoms with E-state index in [9.17, 15) is 24.3 Å². The predicted molar refractivity (Wildman–Crippen MR) is 220 cm³/mol. The minimum atomic E-state index is -1.17. The molecule has 0 radical (unpaired) electrons. The topological polar surface area (TPSA) is 126 Å². The number of hydrogen-bond acceptors (Lipinski definition) is 7. The van der Waals surface area contributed by atoms with Crippen molar-refractivity contribution in [3.8, 4) is 0 Å². The number of nitrogens with zero attached hydrogens (tertiary/aromatic N) is 2. The minimum Gasteiger partial charge on any atom is -0.481 e. The van der Waals surface area contributed by atoms with Gasteiger partial charge in [-0.25, -0.2) is 4.98 Å². The average molecular weight is 793 g/mol. The molecule has 6 rings (SSSR count). The number of aliphatic carboxylic acids is 1. The number of carboxylic acid groups (broad SMARTS) is 1. The molecule has 0 bridgehead atoms. The van der Waals surface area contributed by atoms with Crippen molar-refractivity contribution >= 4 is 41.0 Å². The van der Waals surface area contributed by atoms with Crippen molar-refractivity contribution in [1.29, 1.82) is 0 Å². The summed E-state index contributed by atoms with van der Waals surface area (Å²) in [5.74, 6) is 0.262. The number of rotatable bonds is 10. The van der Waals surface area contributed by atoms with Crippen LogP contribution in [0.25, 0.3) is 0 Å². The number of aromatic nitrogens is 1. The van der Waals surface area contributed by atoms with Crippen LogP contribution in [-0.2, 0) is 23.9 Å². The maximum Gasteiger partial charge on any atom is 0.309 e. The minimum absolute atomic E-state index is 0.0109. The number of carboxylic acids is 1. The van der Waals surface area contributed by atoms with Gasteiger partial charge < -0.3 is 20.1 Å². The second-order valence-electron chi connectivity index (χ2n) is 20.7. The molecule has 4 fully saturated rings. The van der Waals surface area contributed by atoms with E-state index in [1.165, 1.54) is 11.8 Å². The van der Waals surface area contributed by atoms with Crippen LogP contribution in [0.5, 0.6) is 0 Å². The molecule has 0 aliphatic heterocycles. The van der Waals surface area contributed by atoms with Crippen molar-refractivity contribution in [3.63, 3.8) is 0 Å². The molecule has 10 heteroatoms. The first-order valence-corrected chi connectivity index (χ1v) is 21.3. The average Bonchev–Trinajstić information content (AvgIpc) is 3.38. The van der Waals surface area contributed by atoms with Crippen LogP contribution in [0.1, 0.15) is 133 Å². The Bertz CT molecular complexity index is 1830. The van der Waals surface area contributed by atoms with Crippen LogP contribution in [0.2, 0.25) is 5.02 Å². The maximum atomic E-state index is 14.2. The van der Waals surface area contributed by atoms with Crippen molar-refractivity contribution in [2.45, 2.75) is 139 Å². The fraction of sp³-hybridized carbons (Fsp3) is 0.717. The molecule has 1 aromatic rings. The number of anilines is 1. The summed E-state index contributed by atoms with van der Waals surface area (Å²) in [4.78, 5) is 58.8. The summed E-state index contributed by atoms with van der Waals surface area (Å²) in [5, 5.41) is 13.0. The molecule has 0 unspecified atom stereocenters. The highest BCUT2D eigenvalue weighted by atomic mass is 35.5. The van der Waals surface area contributed by atoms with E-state index in [4.69, 9.17) is 16.3 Å². The lowest BCUT2D eigenvalue weighted by Crippen LogP contribution is -2.65. The molecule has 9 nitrogen and oxygen atoms in total. The first kappa shape index (κ1) is 42.4. The molecule has 4 saturated carbocycles. The Kier molecular flexibility index (Phi) is 11.0. The fourth-order valence-corrected chi connectivity index (χ4v) is 13.3. The van der Waals surface area contributed by atoms with Gasteiger partial charge in [0.15, 0.2) is 5.78 Å². The lowest BCUT2D eigenvalue weighted by molar-refractivity contribution is -0.233. The number of carbonyl (C=O) groups excluding carboxylic acids is 3. The Balaban J connectivity index is 1.29. The van der Waals surface area contributed by atoms with Gasteiger partial charge in [0, 0.05) is 49.3 Å². The van der Waals surface area contributed by atoms with Gasteiger partial charge in [-0.2, -0.15) is 0 Å². The van der Waals surface area contributed by atoms with Crippen LogP contribution in [0.15, 0.2) is 41.2 Å². The quantitative estimate of drug-likeness (QED) is 0.177. The molecule has 56 heavy (non-hydrogen) atoms. The molecule has 1 aromatic heterocycles. The zero-order chi connectivity index (χ0) is 41.4. The molecule has 0 spiro atoms. The molecule has 5 aliphatic rings. The van der Waals surface area contributed by atoms with E-state index in [2.05, 4.69) is 58.8 Å². The number of ketones is 1. The highest BCUT2D eigenvalue weighted by Crippen LogP contribution is 2.77. The Morgan fingerprint density at radius 1 is 1.00 bits per heavy atom. The summed E-state index contributed by atoms with van der Waals surface area (Å²) >= 11 is 6.02. The van der Waals surface area contributed by atoms with E-state index in [0.717, 1.165) is 62.6 Å². The second kappa shape index (κ2) is 14.6. The number of esters is 1. The Labute approximate surface area is 339 Å². The lowest BCUT2D eigenvalue weighted by atomic mass is 9.33. The first-order valence-electron chi connectivity index (χ1n) is 20.9. The highest BCUT2D eigenvalue weighted by Gasteiger charge is 2.70. The number of hydrogen-bond donors (Lipinski definition) is 2. The van der Waals surface area contributed by atoms with Gasteiger partial charge in [0.25, 0.3) is 5.91 Å². The van der Waals surface area contributed by atoms with Crippen molar-refractivity contribution in [2.24, 2.45) is 56.2 Å². The van der Waals surface area contributed by atoms with Gasteiger partial charge in [-0.3, -0.25) is 19.2 Å². The van der Waals surface area contributed by atoms with Crippen molar-refractivity contribution in [3.05, 3.63) is 46.3 Å². The van der Waals surface area contributed by atoms with E-state index < -0.39 is 17.4 Å². The van der Waals surface area contributed by atoms with Crippen molar-refractivity contribution in [1.82, 2.24) is 9.88 Å². The number of fused-ring (bicyclic) bond motifs is 7. The van der Waals surface area contributed by atoms with Gasteiger partial charge in [-0.05, 0) is 129 Å². The zero-order valence-corrected chi connectivity index (χ0v) is 36.5. The summed E-state index contributed by atoms with van der Waals surface area (Å²) in [6, 6.07) is 3.39. The second-order valence-corrected chi connectivity index (χ2v) is 21.2. The fourth-order valence-electron chi connectivity index (χ4n) is 13.2. The molecule has 1 amide bonds. The van der Waals surface area contributed by atoms with Crippen LogP contribution in [-0.4, -0.2) is 58.8 Å². The third kappa shape index (κ3) is 6.93. The third-order valence-electron chi connectivity index (χ3n) is 16.3. The van der Waals surface area contributed by atoms with Gasteiger partial charge in [0.1, 0.15) is 11.9 Å². The Hall–Kier alpha value is -3.20. The van der Waals surface area contributed by atoms with E-state index in [1.54, 1.807) is 32.1 Å². The first-order chi connectivity index (χ1) is 25.9. The van der Waals surface area contributed by atoms with Gasteiger partial charge in [-0.15, -0.1) is 0 Å². The number of allylic oxidation sites excluding steroid dienone is 3. The number of amides is 1. The molecule has 8 atom stereocenters. The van der Waals surface area contributed by atoms with Gasteiger partial charge in [-0.1, -0.05) is 65.6 Å². The van der Waals surface area contributed by atoms with E-state index in [0.29, 0.717) is 35.5 Å². The van der Waals surface area contributed by atoms with Gasteiger partial charge >= 0.3 is 11.9 Å². The van der Waals surface area contributed by atoms with Crippen LogP contribution in [0, 0.1) is 56.2 Å². The van der Waals surface area contributed by atoms with E-state index in [-0.39, 0.29) is 63.1 Å². The SMILES string of the molecule is CC(C)C1=C2[C@H]3CC[C@@H]4[C@@]5(C)CC[C@H](OC(=O)CC(C)(C)C(=O)O)C(C)(C)[C@@H]5CC[C@@]4(C)[C@]3(C)CC[C@@]2(C/C(=C/C(=O)Nc2ccc(Cl)cn2)N(C)C)CC1=O.